The molecule has 0 N–H and O–H groups in total. The van der Waals surface area contributed by atoms with E-state index in [9.17, 15) is 9.59 Å². The number of benzene rings is 4. The summed E-state index contributed by atoms with van der Waals surface area (Å²) < 4.78 is 24.1. The van der Waals surface area contributed by atoms with E-state index in [1.165, 1.54) is 17.5 Å². The van der Waals surface area contributed by atoms with E-state index < -0.39 is 11.0 Å². The molecule has 0 unspecified atom stereocenters. The van der Waals surface area contributed by atoms with Gasteiger partial charge >= 0.3 is 11.9 Å². The van der Waals surface area contributed by atoms with Crippen LogP contribution in [0.15, 0.2) is 84.9 Å². The van der Waals surface area contributed by atoms with Crippen molar-refractivity contribution in [3.05, 3.63) is 107 Å². The molecule has 0 bridgehead atoms. The van der Waals surface area contributed by atoms with Crippen molar-refractivity contribution in [2.75, 3.05) is 0 Å². The summed E-state index contributed by atoms with van der Waals surface area (Å²) in [5.74, 6) is 1.90. The van der Waals surface area contributed by atoms with Crippen molar-refractivity contribution in [2.24, 2.45) is 11.3 Å². The average molecular weight is 705 g/mol. The number of hydrogen-bond donors (Lipinski definition) is 0. The molecule has 0 aromatic heterocycles. The quantitative estimate of drug-likeness (QED) is 0.108. The molecule has 0 spiro atoms. The highest BCUT2D eigenvalue weighted by molar-refractivity contribution is 5.80. The van der Waals surface area contributed by atoms with E-state index in [1.54, 1.807) is 0 Å². The molecule has 0 heterocycles. The number of rotatable bonds is 12. The first kappa shape index (κ1) is 38.6. The van der Waals surface area contributed by atoms with Gasteiger partial charge in [-0.05, 0) is 150 Å². The van der Waals surface area contributed by atoms with Crippen LogP contribution in [0, 0.1) is 25.2 Å². The van der Waals surface area contributed by atoms with E-state index in [0.29, 0.717) is 17.2 Å². The molecule has 4 aromatic rings. The van der Waals surface area contributed by atoms with Gasteiger partial charge < -0.3 is 18.9 Å². The molecule has 6 heteroatoms. The van der Waals surface area contributed by atoms with Gasteiger partial charge in [0.05, 0.1) is 12.0 Å². The van der Waals surface area contributed by atoms with Crippen molar-refractivity contribution in [3.8, 4) is 34.1 Å². The van der Waals surface area contributed by atoms with Crippen LogP contribution in [0.5, 0.6) is 23.0 Å². The summed E-state index contributed by atoms with van der Waals surface area (Å²) in [4.78, 5) is 25.9. The predicted molar refractivity (Wildman–Crippen MR) is 208 cm³/mol. The molecule has 0 saturated heterocycles. The van der Waals surface area contributed by atoms with Crippen LogP contribution in [0.4, 0.5) is 0 Å². The van der Waals surface area contributed by atoms with Crippen molar-refractivity contribution >= 4 is 11.9 Å². The first-order valence-electron chi connectivity index (χ1n) is 18.7. The van der Waals surface area contributed by atoms with Crippen LogP contribution in [0.1, 0.15) is 110 Å². The molecule has 1 fully saturated rings. The molecule has 0 amide bonds. The summed E-state index contributed by atoms with van der Waals surface area (Å²) in [6.07, 6.45) is 5.71. The van der Waals surface area contributed by atoms with E-state index in [1.807, 2.05) is 118 Å². The van der Waals surface area contributed by atoms with Crippen LogP contribution in [-0.4, -0.2) is 23.6 Å². The van der Waals surface area contributed by atoms with Crippen molar-refractivity contribution in [2.45, 2.75) is 118 Å². The monoisotopic (exact) mass is 704 g/mol. The SMILES string of the molecule is Cc1cc(-c2ccc(OC(C)C)c(C)c2)ccc1OC(=O)C(C)(C)C(C)(C)Oc1ccc(C2(c3ccc(OC(=O)C(C)C)cc3)CCCCC2)cc1. The zero-order valence-corrected chi connectivity index (χ0v) is 32.7. The second kappa shape index (κ2) is 15.6. The van der Waals surface area contributed by atoms with E-state index >= 15 is 0 Å². The molecule has 1 saturated carbocycles. The van der Waals surface area contributed by atoms with Crippen molar-refractivity contribution < 1.29 is 28.5 Å². The first-order valence-corrected chi connectivity index (χ1v) is 18.7. The Morgan fingerprint density at radius 1 is 0.635 bits per heavy atom. The second-order valence-electron chi connectivity index (χ2n) is 16.0. The lowest BCUT2D eigenvalue weighted by atomic mass is 9.65. The minimum absolute atomic E-state index is 0.112. The Morgan fingerprint density at radius 3 is 1.62 bits per heavy atom. The van der Waals surface area contributed by atoms with Gasteiger partial charge in [-0.15, -0.1) is 0 Å². The molecule has 6 nitrogen and oxygen atoms in total. The molecule has 4 aromatic carbocycles. The van der Waals surface area contributed by atoms with E-state index in [4.69, 9.17) is 18.9 Å². The van der Waals surface area contributed by atoms with Gasteiger partial charge in [0, 0.05) is 5.41 Å². The standard InChI is InChI=1S/C46H56O6/c1-30(2)42(47)50-38-20-16-36(17-21-38)46(26-12-11-13-27-46)37-18-22-39(23-19-37)52-45(9,10)44(7,8)43(48)51-41-25-15-35(29-33(41)6)34-14-24-40(32(5)28-34)49-31(3)4/h14-25,28-31H,11-13,26-27H2,1-10H3. The van der Waals surface area contributed by atoms with Crippen molar-refractivity contribution in [1.29, 1.82) is 0 Å². The summed E-state index contributed by atoms with van der Waals surface area (Å²) in [6, 6.07) is 28.5. The highest BCUT2D eigenvalue weighted by atomic mass is 16.5. The number of carbonyl (C=O) groups excluding carboxylic acids is 2. The Kier molecular flexibility index (Phi) is 11.6. The molecule has 1 aliphatic carbocycles. The highest BCUT2D eigenvalue weighted by Gasteiger charge is 2.47. The van der Waals surface area contributed by atoms with Crippen molar-refractivity contribution in [1.82, 2.24) is 0 Å². The lowest BCUT2D eigenvalue weighted by Gasteiger charge is -2.40. The maximum absolute atomic E-state index is 13.8. The number of carbonyl (C=O) groups is 2. The van der Waals surface area contributed by atoms with Crippen LogP contribution in [-0.2, 0) is 15.0 Å². The molecule has 5 rings (SSSR count). The molecular weight excluding hydrogens is 648 g/mol. The fraction of sp³-hybridized carbons (Fsp3) is 0.435. The van der Waals surface area contributed by atoms with E-state index in [2.05, 4.69) is 36.4 Å². The number of hydrogen-bond acceptors (Lipinski definition) is 6. The maximum atomic E-state index is 13.8. The summed E-state index contributed by atoms with van der Waals surface area (Å²) >= 11 is 0. The fourth-order valence-electron chi connectivity index (χ4n) is 6.87. The van der Waals surface area contributed by atoms with Gasteiger partial charge in [-0.25, -0.2) is 0 Å². The third-order valence-electron chi connectivity index (χ3n) is 10.8. The Morgan fingerprint density at radius 2 is 1.13 bits per heavy atom. The minimum Gasteiger partial charge on any atom is -0.491 e. The predicted octanol–water partition coefficient (Wildman–Crippen LogP) is 11.4. The second-order valence-corrected chi connectivity index (χ2v) is 16.0. The maximum Gasteiger partial charge on any atom is 0.320 e. The van der Waals surface area contributed by atoms with E-state index in [0.717, 1.165) is 53.7 Å². The topological polar surface area (TPSA) is 71.1 Å². The highest BCUT2D eigenvalue weighted by Crippen LogP contribution is 2.46. The molecular formula is C46H56O6. The summed E-state index contributed by atoms with van der Waals surface area (Å²) in [5.41, 5.74) is 4.53. The largest absolute Gasteiger partial charge is 0.491 e. The lowest BCUT2D eigenvalue weighted by Crippen LogP contribution is -2.51. The summed E-state index contributed by atoms with van der Waals surface area (Å²) in [5, 5.41) is 0. The van der Waals surface area contributed by atoms with Gasteiger partial charge in [-0.2, -0.15) is 0 Å². The lowest BCUT2D eigenvalue weighted by molar-refractivity contribution is -0.155. The third kappa shape index (κ3) is 8.38. The van der Waals surface area contributed by atoms with Crippen LogP contribution in [0.25, 0.3) is 11.1 Å². The van der Waals surface area contributed by atoms with Crippen LogP contribution in [0.2, 0.25) is 0 Å². The van der Waals surface area contributed by atoms with Crippen molar-refractivity contribution in [3.63, 3.8) is 0 Å². The summed E-state index contributed by atoms with van der Waals surface area (Å²) in [7, 11) is 0. The van der Waals surface area contributed by atoms with Crippen LogP contribution in [0.3, 0.4) is 0 Å². The Bertz CT molecular complexity index is 1860. The first-order chi connectivity index (χ1) is 24.5. The van der Waals surface area contributed by atoms with Crippen LogP contribution < -0.4 is 18.9 Å². The van der Waals surface area contributed by atoms with Gasteiger partial charge in [0.15, 0.2) is 0 Å². The normalized spacial score (nSPS) is 14.6. The zero-order chi connectivity index (χ0) is 37.8. The van der Waals surface area contributed by atoms with Gasteiger partial charge in [-0.3, -0.25) is 9.59 Å². The molecule has 0 aliphatic heterocycles. The Hall–Kier alpha value is -4.58. The van der Waals surface area contributed by atoms with Gasteiger partial charge in [0.2, 0.25) is 0 Å². The van der Waals surface area contributed by atoms with E-state index in [-0.39, 0.29) is 29.4 Å². The van der Waals surface area contributed by atoms with Gasteiger partial charge in [0.1, 0.15) is 34.0 Å². The smallest absolute Gasteiger partial charge is 0.320 e. The molecule has 52 heavy (non-hydrogen) atoms. The van der Waals surface area contributed by atoms with Gasteiger partial charge in [-0.1, -0.05) is 69.5 Å². The fourth-order valence-corrected chi connectivity index (χ4v) is 6.87. The molecule has 0 atom stereocenters. The molecule has 276 valence electrons. The molecule has 1 aliphatic rings. The number of ether oxygens (including phenoxy) is 4. The van der Waals surface area contributed by atoms with Gasteiger partial charge in [0.25, 0.3) is 0 Å². The molecule has 0 radical (unpaired) electrons. The number of aryl methyl sites for hydroxylation is 2. The summed E-state index contributed by atoms with van der Waals surface area (Å²) in [6.45, 7) is 19.3. The van der Waals surface area contributed by atoms with Crippen LogP contribution >= 0.6 is 0 Å². The Balaban J connectivity index is 1.29. The number of esters is 2. The Labute approximate surface area is 310 Å². The zero-order valence-electron chi connectivity index (χ0n) is 32.7. The average Bonchev–Trinajstić information content (AvgIpc) is 3.10. The third-order valence-corrected chi connectivity index (χ3v) is 10.8. The minimum atomic E-state index is -0.981.